The summed E-state index contributed by atoms with van der Waals surface area (Å²) in [5.41, 5.74) is 2.13. The Balaban J connectivity index is 2.00. The maximum absolute atomic E-state index is 13.0. The Morgan fingerprint density at radius 3 is 2.39 bits per heavy atom. The monoisotopic (exact) mass is 414 g/mol. The van der Waals surface area contributed by atoms with Crippen LogP contribution in [0, 0.1) is 6.92 Å². The Kier molecular flexibility index (Phi) is 5.68. The number of nitrogens with one attached hydrogen (secondary N) is 1. The van der Waals surface area contributed by atoms with E-state index in [4.69, 9.17) is 23.2 Å². The highest BCUT2D eigenvalue weighted by molar-refractivity contribution is 6.44. The molecule has 7 heteroatoms. The number of carbonyl (C=O) groups excluding carboxylic acids is 3. The third kappa shape index (κ3) is 3.72. The van der Waals surface area contributed by atoms with Crippen molar-refractivity contribution in [3.8, 4) is 0 Å². The molecule has 0 aliphatic heterocycles. The molecule has 0 aliphatic carbocycles. The van der Waals surface area contributed by atoms with Gasteiger partial charge in [-0.2, -0.15) is 0 Å². The average molecular weight is 415 g/mol. The molecule has 1 N–H and O–H groups in total. The number of ketones is 1. The van der Waals surface area contributed by atoms with Crippen molar-refractivity contribution in [1.29, 1.82) is 0 Å². The van der Waals surface area contributed by atoms with E-state index in [1.54, 1.807) is 49.5 Å². The molecule has 1 heterocycles. The molecule has 0 radical (unpaired) electrons. The normalized spacial score (nSPS) is 11.1. The van der Waals surface area contributed by atoms with E-state index in [0.29, 0.717) is 11.2 Å². The summed E-state index contributed by atoms with van der Waals surface area (Å²) in [7, 11) is 0. The Morgan fingerprint density at radius 1 is 1.07 bits per heavy atom. The molecule has 28 heavy (non-hydrogen) atoms. The molecule has 0 saturated heterocycles. The van der Waals surface area contributed by atoms with Crippen LogP contribution in [0.15, 0.2) is 54.7 Å². The zero-order valence-corrected chi connectivity index (χ0v) is 16.6. The molecule has 0 unspecified atom stereocenters. The van der Waals surface area contributed by atoms with E-state index in [-0.39, 0.29) is 21.5 Å². The predicted octanol–water partition coefficient (Wildman–Crippen LogP) is 5.03. The topological polar surface area (TPSA) is 68.2 Å². The lowest BCUT2D eigenvalue weighted by atomic mass is 10.1. The fourth-order valence-electron chi connectivity index (χ4n) is 2.88. The van der Waals surface area contributed by atoms with Crippen LogP contribution in [-0.2, 0) is 9.59 Å². The standard InChI is InChI=1S/C21H16Cl2N2O3/c1-3-5-18(26)20(27)24-13-8-9-17-14(10-13)12(2)11-25(17)21(28)19-15(22)6-4-7-16(19)23/h3-11H,1-2H3,(H,24,27). The number of allylic oxidation sites excluding steroid dienone is 1. The van der Waals surface area contributed by atoms with Gasteiger partial charge < -0.3 is 5.32 Å². The highest BCUT2D eigenvalue weighted by Crippen LogP contribution is 2.29. The molecule has 0 bridgehead atoms. The van der Waals surface area contributed by atoms with Crippen LogP contribution in [0.3, 0.4) is 0 Å². The molecule has 2 aromatic carbocycles. The summed E-state index contributed by atoms with van der Waals surface area (Å²) in [6.07, 6.45) is 4.38. The molecular weight excluding hydrogens is 399 g/mol. The summed E-state index contributed by atoms with van der Waals surface area (Å²) in [5.74, 6) is -1.72. The van der Waals surface area contributed by atoms with Crippen molar-refractivity contribution in [3.05, 3.63) is 75.9 Å². The van der Waals surface area contributed by atoms with Crippen molar-refractivity contribution in [3.63, 3.8) is 0 Å². The van der Waals surface area contributed by atoms with Crippen LogP contribution in [-0.4, -0.2) is 22.2 Å². The van der Waals surface area contributed by atoms with Gasteiger partial charge in [0.1, 0.15) is 0 Å². The predicted molar refractivity (Wildman–Crippen MR) is 111 cm³/mol. The number of carbonyl (C=O) groups is 3. The summed E-state index contributed by atoms with van der Waals surface area (Å²) in [6.45, 7) is 3.50. The lowest BCUT2D eigenvalue weighted by Crippen LogP contribution is -2.20. The zero-order chi connectivity index (χ0) is 20.4. The molecule has 0 saturated carbocycles. The molecule has 0 atom stereocenters. The van der Waals surface area contributed by atoms with E-state index in [9.17, 15) is 14.4 Å². The number of nitrogens with zero attached hydrogens (tertiary/aromatic N) is 1. The third-order valence-corrected chi connectivity index (χ3v) is 4.83. The number of amides is 1. The Labute approximate surface area is 171 Å². The molecule has 0 spiro atoms. The van der Waals surface area contributed by atoms with Crippen molar-refractivity contribution < 1.29 is 14.4 Å². The number of benzene rings is 2. The van der Waals surface area contributed by atoms with Gasteiger partial charge in [-0.1, -0.05) is 35.3 Å². The van der Waals surface area contributed by atoms with Gasteiger partial charge in [-0.3, -0.25) is 19.0 Å². The van der Waals surface area contributed by atoms with E-state index in [2.05, 4.69) is 5.32 Å². The molecular formula is C21H16Cl2N2O3. The molecule has 0 fully saturated rings. The Morgan fingerprint density at radius 2 is 1.75 bits per heavy atom. The molecule has 3 aromatic rings. The molecule has 1 amide bonds. The van der Waals surface area contributed by atoms with Crippen molar-refractivity contribution >= 4 is 57.4 Å². The number of hydrogen-bond donors (Lipinski definition) is 1. The van der Waals surface area contributed by atoms with Crippen LogP contribution in [0.25, 0.3) is 10.9 Å². The number of aromatic nitrogens is 1. The SMILES string of the molecule is CC=CC(=O)C(=O)Nc1ccc2c(c1)c(C)cn2C(=O)c1c(Cl)cccc1Cl. The maximum atomic E-state index is 13.0. The first-order valence-electron chi connectivity index (χ1n) is 8.42. The van der Waals surface area contributed by atoms with Crippen LogP contribution in [0.4, 0.5) is 5.69 Å². The lowest BCUT2D eigenvalue weighted by molar-refractivity contribution is -0.131. The minimum atomic E-state index is -0.728. The second-order valence-electron chi connectivity index (χ2n) is 6.13. The molecule has 142 valence electrons. The summed E-state index contributed by atoms with van der Waals surface area (Å²) in [5, 5.41) is 3.85. The van der Waals surface area contributed by atoms with Gasteiger partial charge >= 0.3 is 0 Å². The van der Waals surface area contributed by atoms with Gasteiger partial charge in [0, 0.05) is 17.3 Å². The number of anilines is 1. The number of hydrogen-bond acceptors (Lipinski definition) is 3. The number of fused-ring (bicyclic) bond motifs is 1. The quantitative estimate of drug-likeness (QED) is 0.480. The number of rotatable bonds is 4. The van der Waals surface area contributed by atoms with E-state index >= 15 is 0 Å². The largest absolute Gasteiger partial charge is 0.319 e. The first-order valence-corrected chi connectivity index (χ1v) is 9.17. The van der Waals surface area contributed by atoms with Gasteiger partial charge in [0.25, 0.3) is 11.8 Å². The van der Waals surface area contributed by atoms with Gasteiger partial charge in [0.15, 0.2) is 0 Å². The van der Waals surface area contributed by atoms with Crippen LogP contribution in [0.2, 0.25) is 10.0 Å². The van der Waals surface area contributed by atoms with E-state index < -0.39 is 11.7 Å². The first-order chi connectivity index (χ1) is 13.3. The highest BCUT2D eigenvalue weighted by Gasteiger charge is 2.20. The Hall–Kier alpha value is -2.89. The van der Waals surface area contributed by atoms with Gasteiger partial charge in [-0.25, -0.2) is 0 Å². The summed E-state index contributed by atoms with van der Waals surface area (Å²) in [6, 6.07) is 9.92. The summed E-state index contributed by atoms with van der Waals surface area (Å²) >= 11 is 12.3. The second kappa shape index (κ2) is 8.00. The molecule has 1 aromatic heterocycles. The van der Waals surface area contributed by atoms with E-state index in [0.717, 1.165) is 10.9 Å². The second-order valence-corrected chi connectivity index (χ2v) is 6.95. The number of halogens is 2. The average Bonchev–Trinajstić information content (AvgIpc) is 2.98. The molecule has 3 rings (SSSR count). The first kappa shape index (κ1) is 19.9. The highest BCUT2D eigenvalue weighted by atomic mass is 35.5. The van der Waals surface area contributed by atoms with Crippen molar-refractivity contribution in [2.75, 3.05) is 5.32 Å². The van der Waals surface area contributed by atoms with E-state index in [1.165, 1.54) is 16.7 Å². The van der Waals surface area contributed by atoms with Crippen LogP contribution < -0.4 is 5.32 Å². The van der Waals surface area contributed by atoms with Gasteiger partial charge in [0.2, 0.25) is 5.78 Å². The smallest absolute Gasteiger partial charge is 0.296 e. The van der Waals surface area contributed by atoms with Crippen LogP contribution in [0.1, 0.15) is 22.8 Å². The van der Waals surface area contributed by atoms with Crippen molar-refractivity contribution in [2.45, 2.75) is 13.8 Å². The lowest BCUT2D eigenvalue weighted by Gasteiger charge is -2.09. The Bertz CT molecular complexity index is 1130. The summed E-state index contributed by atoms with van der Waals surface area (Å²) in [4.78, 5) is 36.5. The zero-order valence-electron chi connectivity index (χ0n) is 15.1. The number of aryl methyl sites for hydroxylation is 1. The summed E-state index contributed by atoms with van der Waals surface area (Å²) < 4.78 is 1.47. The van der Waals surface area contributed by atoms with Crippen molar-refractivity contribution in [1.82, 2.24) is 4.57 Å². The van der Waals surface area contributed by atoms with Crippen LogP contribution >= 0.6 is 23.2 Å². The van der Waals surface area contributed by atoms with Gasteiger partial charge in [-0.15, -0.1) is 0 Å². The maximum Gasteiger partial charge on any atom is 0.296 e. The minimum Gasteiger partial charge on any atom is -0.319 e. The fourth-order valence-corrected chi connectivity index (χ4v) is 3.44. The third-order valence-electron chi connectivity index (χ3n) is 4.20. The molecule has 0 aliphatic rings. The van der Waals surface area contributed by atoms with Crippen molar-refractivity contribution in [2.24, 2.45) is 0 Å². The fraction of sp³-hybridized carbons (Fsp3) is 0.0952. The van der Waals surface area contributed by atoms with Gasteiger partial charge in [0.05, 0.1) is 21.1 Å². The van der Waals surface area contributed by atoms with Gasteiger partial charge in [-0.05, 0) is 55.8 Å². The minimum absolute atomic E-state index is 0.220. The van der Waals surface area contributed by atoms with E-state index in [1.807, 2.05) is 6.92 Å². The molecule has 5 nitrogen and oxygen atoms in total. The van der Waals surface area contributed by atoms with Crippen LogP contribution in [0.5, 0.6) is 0 Å².